The van der Waals surface area contributed by atoms with E-state index in [0.29, 0.717) is 17.9 Å². The van der Waals surface area contributed by atoms with E-state index < -0.39 is 8.07 Å². The Kier molecular flexibility index (Phi) is 4.90. The predicted molar refractivity (Wildman–Crippen MR) is 132 cm³/mol. The summed E-state index contributed by atoms with van der Waals surface area (Å²) in [4.78, 5) is 25.0. The van der Waals surface area contributed by atoms with Crippen LogP contribution in [0.4, 0.5) is 5.69 Å². The molecule has 5 aromatic rings. The van der Waals surface area contributed by atoms with Crippen LogP contribution >= 0.6 is 0 Å². The molecule has 0 saturated carbocycles. The van der Waals surface area contributed by atoms with Gasteiger partial charge in [0.15, 0.2) is 0 Å². The highest BCUT2D eigenvalue weighted by Gasteiger charge is 2.21. The van der Waals surface area contributed by atoms with Crippen LogP contribution in [0.25, 0.3) is 21.9 Å². The Morgan fingerprint density at radius 2 is 1.84 bits per heavy atom. The van der Waals surface area contributed by atoms with Crippen molar-refractivity contribution in [3.63, 3.8) is 0 Å². The van der Waals surface area contributed by atoms with Gasteiger partial charge in [-0.25, -0.2) is 4.98 Å². The van der Waals surface area contributed by atoms with Gasteiger partial charge in [-0.3, -0.25) is 9.78 Å². The topological polar surface area (TPSA) is 75.6 Å². The van der Waals surface area contributed by atoms with Crippen molar-refractivity contribution in [3.05, 3.63) is 84.6 Å². The van der Waals surface area contributed by atoms with Gasteiger partial charge in [-0.05, 0) is 42.0 Å². The van der Waals surface area contributed by atoms with E-state index in [2.05, 4.69) is 62.7 Å². The molecule has 0 aliphatic carbocycles. The monoisotopic (exact) mass is 439 g/mol. The van der Waals surface area contributed by atoms with Crippen molar-refractivity contribution in [1.82, 2.24) is 19.5 Å². The summed E-state index contributed by atoms with van der Waals surface area (Å²) in [6.45, 7) is 7.60. The van der Waals surface area contributed by atoms with Crippen molar-refractivity contribution >= 4 is 46.8 Å². The lowest BCUT2D eigenvalue weighted by atomic mass is 10.2. The van der Waals surface area contributed by atoms with Gasteiger partial charge in [0.25, 0.3) is 5.91 Å². The molecule has 0 aliphatic heterocycles. The Morgan fingerprint density at radius 3 is 2.62 bits per heavy atom. The summed E-state index contributed by atoms with van der Waals surface area (Å²) in [5, 5.41) is 6.42. The molecule has 0 radical (unpaired) electrons. The zero-order valence-corrected chi connectivity index (χ0v) is 19.4. The fourth-order valence-electron chi connectivity index (χ4n) is 3.95. The van der Waals surface area contributed by atoms with Crippen LogP contribution < -0.4 is 10.5 Å². The first-order valence-corrected chi connectivity index (χ1v) is 14.2. The van der Waals surface area contributed by atoms with Gasteiger partial charge in [0.1, 0.15) is 11.3 Å². The Balaban J connectivity index is 1.58. The number of carbonyl (C=O) groups is 1. The summed E-state index contributed by atoms with van der Waals surface area (Å²) in [6, 6.07) is 16.4. The molecule has 0 atom stereocenters. The third-order valence-electron chi connectivity index (χ3n) is 5.75. The number of H-pyrrole nitrogens is 1. The number of amides is 1. The molecule has 2 N–H and O–H groups in total. The number of pyridine rings is 2. The van der Waals surface area contributed by atoms with Crippen LogP contribution in [0.2, 0.25) is 19.6 Å². The maximum absolute atomic E-state index is 13.4. The summed E-state index contributed by atoms with van der Waals surface area (Å²) in [7, 11) is -1.50. The van der Waals surface area contributed by atoms with Crippen molar-refractivity contribution in [2.24, 2.45) is 0 Å². The number of aromatic amines is 1. The van der Waals surface area contributed by atoms with Crippen LogP contribution in [-0.4, -0.2) is 33.5 Å². The van der Waals surface area contributed by atoms with E-state index in [1.165, 1.54) is 5.19 Å². The molecule has 0 fully saturated rings. The van der Waals surface area contributed by atoms with Crippen molar-refractivity contribution < 1.29 is 4.79 Å². The summed E-state index contributed by atoms with van der Waals surface area (Å²) < 4.78 is 2.10. The molecule has 0 aliphatic rings. The van der Waals surface area contributed by atoms with Crippen LogP contribution in [0, 0.1) is 0 Å². The molecular formula is C25H25N5OSi. The highest BCUT2D eigenvalue weighted by molar-refractivity contribution is 6.88. The predicted octanol–water partition coefficient (Wildman–Crippen LogP) is 4.76. The molecule has 4 heterocycles. The molecule has 1 amide bonds. The highest BCUT2D eigenvalue weighted by atomic mass is 28.3. The van der Waals surface area contributed by atoms with E-state index in [1.54, 1.807) is 18.6 Å². The van der Waals surface area contributed by atoms with Crippen molar-refractivity contribution in [3.8, 4) is 0 Å². The average molecular weight is 440 g/mol. The second-order valence-electron chi connectivity index (χ2n) is 9.09. The maximum Gasteiger partial charge on any atom is 0.272 e. The van der Waals surface area contributed by atoms with Crippen LogP contribution in [0.5, 0.6) is 0 Å². The van der Waals surface area contributed by atoms with Gasteiger partial charge in [-0.15, -0.1) is 0 Å². The molecule has 0 bridgehead atoms. The molecule has 160 valence electrons. The van der Waals surface area contributed by atoms with E-state index in [-0.39, 0.29) is 5.91 Å². The first-order chi connectivity index (χ1) is 15.4. The number of nitrogens with one attached hydrogen (secondary N) is 2. The van der Waals surface area contributed by atoms with Crippen LogP contribution in [0.1, 0.15) is 16.1 Å². The number of hydrogen-bond acceptors (Lipinski definition) is 3. The fraction of sp³-hybridized carbons (Fsp3) is 0.160. The Labute approximate surface area is 187 Å². The van der Waals surface area contributed by atoms with E-state index in [0.717, 1.165) is 27.5 Å². The lowest BCUT2D eigenvalue weighted by molar-refractivity contribution is 0.101. The minimum absolute atomic E-state index is 0.151. The van der Waals surface area contributed by atoms with Crippen LogP contribution in [-0.2, 0) is 6.54 Å². The number of benzene rings is 1. The highest BCUT2D eigenvalue weighted by Crippen LogP contribution is 2.23. The van der Waals surface area contributed by atoms with Gasteiger partial charge in [-0.2, -0.15) is 0 Å². The number of carbonyl (C=O) groups excluding carboxylic acids is 1. The molecule has 7 heteroatoms. The van der Waals surface area contributed by atoms with Gasteiger partial charge >= 0.3 is 0 Å². The summed E-state index contributed by atoms with van der Waals surface area (Å²) in [6.07, 6.45) is 7.08. The maximum atomic E-state index is 13.4. The van der Waals surface area contributed by atoms with E-state index in [9.17, 15) is 4.79 Å². The van der Waals surface area contributed by atoms with Crippen LogP contribution in [0.15, 0.2) is 73.3 Å². The quantitative estimate of drug-likeness (QED) is 0.388. The number of aromatic nitrogens is 4. The molecule has 6 nitrogen and oxygen atoms in total. The lowest BCUT2D eigenvalue weighted by Crippen LogP contribution is -2.37. The van der Waals surface area contributed by atoms with Crippen molar-refractivity contribution in [1.29, 1.82) is 0 Å². The largest absolute Gasteiger partial charge is 0.346 e. The SMILES string of the molecule is C[Si](C)(C)c1ccc2cc(C(=O)Nc3cnc4[nH]ccc4c3)n(Cc3ccncc3)c2c1. The minimum atomic E-state index is -1.50. The third-order valence-corrected chi connectivity index (χ3v) is 7.79. The van der Waals surface area contributed by atoms with Gasteiger partial charge in [0.2, 0.25) is 0 Å². The lowest BCUT2D eigenvalue weighted by Gasteiger charge is -2.17. The zero-order valence-electron chi connectivity index (χ0n) is 18.4. The summed E-state index contributed by atoms with van der Waals surface area (Å²) in [5.74, 6) is -0.151. The molecule has 0 saturated heterocycles. The molecular weight excluding hydrogens is 414 g/mol. The van der Waals surface area contributed by atoms with Gasteiger partial charge in [-0.1, -0.05) is 37.0 Å². The molecule has 1 aromatic carbocycles. The van der Waals surface area contributed by atoms with Gasteiger partial charge < -0.3 is 14.9 Å². The average Bonchev–Trinajstić information content (AvgIpc) is 3.38. The number of hydrogen-bond donors (Lipinski definition) is 2. The van der Waals surface area contributed by atoms with Crippen molar-refractivity contribution in [2.45, 2.75) is 26.2 Å². The molecule has 32 heavy (non-hydrogen) atoms. The Hall–Kier alpha value is -3.71. The van der Waals surface area contributed by atoms with Crippen LogP contribution in [0.3, 0.4) is 0 Å². The number of anilines is 1. The first-order valence-electron chi connectivity index (χ1n) is 10.7. The van der Waals surface area contributed by atoms with Gasteiger partial charge in [0.05, 0.1) is 20.0 Å². The molecule has 0 spiro atoms. The molecule has 4 aromatic heterocycles. The second kappa shape index (κ2) is 7.76. The first kappa shape index (κ1) is 20.2. The fourth-order valence-corrected chi connectivity index (χ4v) is 5.11. The minimum Gasteiger partial charge on any atom is -0.346 e. The van der Waals surface area contributed by atoms with E-state index >= 15 is 0 Å². The Bertz CT molecular complexity index is 1430. The van der Waals surface area contributed by atoms with Crippen molar-refractivity contribution in [2.75, 3.05) is 5.32 Å². The normalized spacial score (nSPS) is 11.8. The van der Waals surface area contributed by atoms with E-state index in [1.807, 2.05) is 36.5 Å². The summed E-state index contributed by atoms with van der Waals surface area (Å²) in [5.41, 5.74) is 4.27. The number of nitrogens with zero attached hydrogens (tertiary/aromatic N) is 3. The molecule has 5 rings (SSSR count). The molecule has 0 unspecified atom stereocenters. The Morgan fingerprint density at radius 1 is 1.03 bits per heavy atom. The van der Waals surface area contributed by atoms with Gasteiger partial charge in [0, 0.05) is 41.4 Å². The second-order valence-corrected chi connectivity index (χ2v) is 14.2. The number of fused-ring (bicyclic) bond motifs is 2. The smallest absolute Gasteiger partial charge is 0.272 e. The van der Waals surface area contributed by atoms with E-state index in [4.69, 9.17) is 0 Å². The number of rotatable bonds is 5. The third kappa shape index (κ3) is 3.83. The standard InChI is InChI=1S/C25H25N5OSi/c1-32(2,3)21-5-4-18-13-23(30(22(18)14-21)16-17-6-9-26-10-7-17)25(31)29-20-12-19-8-11-27-24(19)28-15-20/h4-15H,16H2,1-3H3,(H,27,28)(H,29,31). The summed E-state index contributed by atoms with van der Waals surface area (Å²) >= 11 is 0. The zero-order chi connectivity index (χ0) is 22.3.